The zero-order valence-corrected chi connectivity index (χ0v) is 14.6. The van der Waals surface area contributed by atoms with Crippen LogP contribution in [0.1, 0.15) is 0 Å². The molecule has 0 saturated carbocycles. The van der Waals surface area contributed by atoms with E-state index >= 15 is 0 Å². The van der Waals surface area contributed by atoms with Crippen molar-refractivity contribution in [2.45, 2.75) is 0 Å². The van der Waals surface area contributed by atoms with E-state index in [2.05, 4.69) is 84.9 Å². The van der Waals surface area contributed by atoms with Gasteiger partial charge in [0.15, 0.2) is 0 Å². The fourth-order valence-electron chi connectivity index (χ4n) is 3.97. The molecule has 1 nitrogen and oxygen atoms in total. The van der Waals surface area contributed by atoms with E-state index in [1.54, 1.807) is 7.11 Å². The van der Waals surface area contributed by atoms with Gasteiger partial charge >= 0.3 is 0 Å². The minimum absolute atomic E-state index is 0.880. The Hall–Kier alpha value is -3.32. The predicted molar refractivity (Wildman–Crippen MR) is 103 cm³/mol. The Kier molecular flexibility index (Phi) is 3.39. The summed E-state index contributed by atoms with van der Waals surface area (Å²) in [6, 6.07) is 32.4. The van der Waals surface area contributed by atoms with Gasteiger partial charge in [-0.3, -0.25) is 0 Å². The molecular weight excluding hydrogens is 316 g/mol. The van der Waals surface area contributed by atoms with Crippen LogP contribution < -0.4 is 4.74 Å². The molecule has 1 aliphatic rings. The highest BCUT2D eigenvalue weighted by Crippen LogP contribution is 2.16. The summed E-state index contributed by atoms with van der Waals surface area (Å²) < 4.78 is 5.52. The van der Waals surface area contributed by atoms with Crippen molar-refractivity contribution in [2.24, 2.45) is 0 Å². The Labute approximate surface area is 150 Å². The molecule has 26 heavy (non-hydrogen) atoms. The molecular formula is C25H18O. The van der Waals surface area contributed by atoms with Gasteiger partial charge in [0.2, 0.25) is 0 Å². The smallest absolute Gasteiger partial charge is 0.119 e. The first-order chi connectivity index (χ1) is 12.9. The molecule has 0 fully saturated rings. The third-order valence-corrected chi connectivity index (χ3v) is 5.17. The normalized spacial score (nSPS) is 16.8. The Morgan fingerprint density at radius 1 is 0.423 bits per heavy atom. The maximum atomic E-state index is 5.52. The molecule has 0 atom stereocenters. The SMILES string of the molecule is COc1ccc2/c(c1)=c1/cccc/c1=c1\cccc\c1=c1/cccc/c1=2. The first kappa shape index (κ1) is 15.0. The molecule has 0 aromatic heterocycles. The van der Waals surface area contributed by atoms with Gasteiger partial charge in [0, 0.05) is 0 Å². The maximum Gasteiger partial charge on any atom is 0.119 e. The molecule has 1 heteroatoms. The Balaban J connectivity index is 2.40. The van der Waals surface area contributed by atoms with E-state index in [-0.39, 0.29) is 0 Å². The van der Waals surface area contributed by atoms with Crippen molar-refractivity contribution >= 4 is 0 Å². The van der Waals surface area contributed by atoms with Crippen LogP contribution in [0.3, 0.4) is 0 Å². The molecule has 5 rings (SSSR count). The molecule has 0 saturated heterocycles. The summed E-state index contributed by atoms with van der Waals surface area (Å²) in [5.74, 6) is 0.880. The second-order valence-electron chi connectivity index (χ2n) is 6.55. The molecule has 0 amide bonds. The summed E-state index contributed by atoms with van der Waals surface area (Å²) in [4.78, 5) is 0. The third-order valence-electron chi connectivity index (χ3n) is 5.17. The van der Waals surface area contributed by atoms with Crippen LogP contribution in [0.15, 0.2) is 91.0 Å². The average molecular weight is 334 g/mol. The first-order valence-electron chi connectivity index (χ1n) is 8.83. The summed E-state index contributed by atoms with van der Waals surface area (Å²) in [5.41, 5.74) is 0. The van der Waals surface area contributed by atoms with Crippen molar-refractivity contribution in [3.05, 3.63) is 133 Å². The maximum absolute atomic E-state index is 5.52. The van der Waals surface area contributed by atoms with Gasteiger partial charge in [-0.25, -0.2) is 0 Å². The molecule has 1 aliphatic carbocycles. The number of ether oxygens (including phenoxy) is 1. The quantitative estimate of drug-likeness (QED) is 0.412. The van der Waals surface area contributed by atoms with E-state index in [1.165, 1.54) is 41.7 Å². The topological polar surface area (TPSA) is 9.23 Å². The van der Waals surface area contributed by atoms with Crippen LogP contribution in [-0.4, -0.2) is 7.11 Å². The predicted octanol–water partition coefficient (Wildman–Crippen LogP) is 5.16. The van der Waals surface area contributed by atoms with Crippen LogP contribution in [0.2, 0.25) is 0 Å². The van der Waals surface area contributed by atoms with Gasteiger partial charge in [-0.1, -0.05) is 78.9 Å². The van der Waals surface area contributed by atoms with Crippen LogP contribution in [0.4, 0.5) is 0 Å². The van der Waals surface area contributed by atoms with E-state index in [1.807, 2.05) is 6.07 Å². The highest BCUT2D eigenvalue weighted by Gasteiger charge is 2.01. The van der Waals surface area contributed by atoms with Crippen LogP contribution in [0, 0.1) is 41.7 Å². The van der Waals surface area contributed by atoms with Gasteiger partial charge in [-0.05, 0) is 53.9 Å². The molecule has 0 radical (unpaired) electrons. The van der Waals surface area contributed by atoms with Gasteiger partial charge in [0.25, 0.3) is 0 Å². The van der Waals surface area contributed by atoms with Crippen molar-refractivity contribution < 1.29 is 4.74 Å². The van der Waals surface area contributed by atoms with Gasteiger partial charge in [0.1, 0.15) is 5.75 Å². The zero-order valence-electron chi connectivity index (χ0n) is 14.6. The van der Waals surface area contributed by atoms with E-state index in [4.69, 9.17) is 4.74 Å². The number of fused-ring (bicyclic) bond motifs is 4. The van der Waals surface area contributed by atoms with Gasteiger partial charge in [0.05, 0.1) is 7.11 Å². The van der Waals surface area contributed by atoms with Crippen molar-refractivity contribution in [1.29, 1.82) is 0 Å². The van der Waals surface area contributed by atoms with E-state index < -0.39 is 0 Å². The molecule has 0 spiro atoms. The van der Waals surface area contributed by atoms with Crippen LogP contribution in [-0.2, 0) is 0 Å². The van der Waals surface area contributed by atoms with Gasteiger partial charge < -0.3 is 4.74 Å². The lowest BCUT2D eigenvalue weighted by molar-refractivity contribution is 0.414. The van der Waals surface area contributed by atoms with Crippen molar-refractivity contribution in [3.63, 3.8) is 0 Å². The number of rotatable bonds is 1. The van der Waals surface area contributed by atoms with Crippen molar-refractivity contribution in [3.8, 4) is 5.75 Å². The van der Waals surface area contributed by atoms with Crippen LogP contribution >= 0.6 is 0 Å². The summed E-state index contributed by atoms with van der Waals surface area (Å²) in [6.45, 7) is 0. The monoisotopic (exact) mass is 334 g/mol. The molecule has 0 heterocycles. The second-order valence-corrected chi connectivity index (χ2v) is 6.55. The Morgan fingerprint density at radius 2 is 0.769 bits per heavy atom. The van der Waals surface area contributed by atoms with Gasteiger partial charge in [-0.2, -0.15) is 0 Å². The molecule has 0 unspecified atom stereocenters. The van der Waals surface area contributed by atoms with Crippen LogP contribution in [0.5, 0.6) is 5.75 Å². The summed E-state index contributed by atoms with van der Waals surface area (Å²) in [5, 5.41) is 10.0. The molecule has 124 valence electrons. The summed E-state index contributed by atoms with van der Waals surface area (Å²) in [7, 11) is 1.72. The first-order valence-corrected chi connectivity index (χ1v) is 8.83. The van der Waals surface area contributed by atoms with E-state index in [0.29, 0.717) is 0 Å². The van der Waals surface area contributed by atoms with Crippen molar-refractivity contribution in [2.75, 3.05) is 7.11 Å². The zero-order chi connectivity index (χ0) is 17.5. The fraction of sp³-hybridized carbons (Fsp3) is 0.0400. The fourth-order valence-corrected chi connectivity index (χ4v) is 3.97. The summed E-state index contributed by atoms with van der Waals surface area (Å²) in [6.07, 6.45) is 0. The minimum atomic E-state index is 0.880. The minimum Gasteiger partial charge on any atom is -0.497 e. The average Bonchev–Trinajstić information content (AvgIpc) is 2.72. The third kappa shape index (κ3) is 2.18. The lowest BCUT2D eigenvalue weighted by atomic mass is 10.0. The molecule has 0 N–H and O–H groups in total. The van der Waals surface area contributed by atoms with Crippen molar-refractivity contribution in [1.82, 2.24) is 0 Å². The summed E-state index contributed by atoms with van der Waals surface area (Å²) >= 11 is 0. The molecule has 0 aliphatic heterocycles. The number of hydrogen-bond donors (Lipinski definition) is 0. The highest BCUT2D eigenvalue weighted by atomic mass is 16.5. The standard InChI is InChI=1S/C25H18O/c1-26-17-14-15-24-22-12-5-4-10-20(22)18-8-2-3-9-19(18)21-11-6-7-13-23(21)25(24)16-17/h2-16H,1H3/b20-18-,21-19-,24-22-,25-23-. The Morgan fingerprint density at radius 3 is 1.15 bits per heavy atom. The lowest BCUT2D eigenvalue weighted by Crippen LogP contribution is -1.90. The van der Waals surface area contributed by atoms with E-state index in [0.717, 1.165) is 5.75 Å². The second kappa shape index (κ2) is 5.89. The Bertz CT molecular complexity index is 1510. The number of methoxy groups -OCH3 is 1. The largest absolute Gasteiger partial charge is 0.497 e. The van der Waals surface area contributed by atoms with Crippen LogP contribution in [0.25, 0.3) is 0 Å². The molecule has 4 aromatic rings. The molecule has 4 aromatic carbocycles. The van der Waals surface area contributed by atoms with E-state index in [9.17, 15) is 0 Å². The highest BCUT2D eigenvalue weighted by molar-refractivity contribution is 5.33. The number of hydrogen-bond acceptors (Lipinski definition) is 1. The lowest BCUT2D eigenvalue weighted by Gasteiger charge is -2.04. The number of benzene rings is 4. The van der Waals surface area contributed by atoms with Gasteiger partial charge in [-0.15, -0.1) is 0 Å². The molecule has 0 bridgehead atoms.